The average Bonchev–Trinajstić information content (AvgIpc) is 2.59. The van der Waals surface area contributed by atoms with Gasteiger partial charge in [-0.05, 0) is 36.4 Å². The Balaban J connectivity index is 1.87. The van der Waals surface area contributed by atoms with Crippen LogP contribution in [0.25, 0.3) is 0 Å². The second kappa shape index (κ2) is 8.45. The quantitative estimate of drug-likeness (QED) is 0.537. The molecule has 0 radical (unpaired) electrons. The maximum atomic E-state index is 12.2. The molecule has 0 bridgehead atoms. The number of rotatable bonds is 7. The number of carbonyl (C=O) groups excluding carboxylic acids is 2. The predicted octanol–water partition coefficient (Wildman–Crippen LogP) is 1.06. The van der Waals surface area contributed by atoms with Crippen LogP contribution in [0.2, 0.25) is 0 Å². The highest BCUT2D eigenvalue weighted by atomic mass is 32.2. The normalized spacial score (nSPS) is 11.0. The number of sulfonamides is 1. The number of nitrogens with one attached hydrogen (secondary N) is 3. The maximum absolute atomic E-state index is 12.2. The van der Waals surface area contributed by atoms with Crippen LogP contribution in [0.4, 0.5) is 5.69 Å². The van der Waals surface area contributed by atoms with Crippen molar-refractivity contribution >= 4 is 27.5 Å². The Morgan fingerprint density at radius 3 is 2.27 bits per heavy atom. The molecular formula is C17H19N3O5S. The minimum atomic E-state index is -3.74. The average molecular weight is 377 g/mol. The fraction of sp³-hybridized carbons (Fsp3) is 0.176. The van der Waals surface area contributed by atoms with Gasteiger partial charge in [-0.25, -0.2) is 13.1 Å². The lowest BCUT2D eigenvalue weighted by molar-refractivity contribution is -0.114. The summed E-state index contributed by atoms with van der Waals surface area (Å²) in [6.45, 7) is 1.39. The van der Waals surface area contributed by atoms with Crippen molar-refractivity contribution in [3.8, 4) is 5.75 Å². The first-order valence-electron chi connectivity index (χ1n) is 7.73. The molecule has 0 aliphatic heterocycles. The van der Waals surface area contributed by atoms with Crippen LogP contribution in [0.1, 0.15) is 17.3 Å². The molecule has 0 aliphatic rings. The van der Waals surface area contributed by atoms with Gasteiger partial charge in [-0.15, -0.1) is 0 Å². The molecule has 0 fully saturated rings. The molecule has 9 heteroatoms. The molecule has 0 unspecified atom stereocenters. The van der Waals surface area contributed by atoms with Crippen LogP contribution in [-0.2, 0) is 14.8 Å². The van der Waals surface area contributed by atoms with Gasteiger partial charge in [0.1, 0.15) is 5.75 Å². The molecule has 2 aromatic carbocycles. The predicted molar refractivity (Wildman–Crippen MR) is 96.4 cm³/mol. The molecule has 2 amide bonds. The van der Waals surface area contributed by atoms with Crippen LogP contribution in [0.15, 0.2) is 53.4 Å². The molecule has 0 saturated carbocycles. The zero-order chi connectivity index (χ0) is 19.2. The van der Waals surface area contributed by atoms with Gasteiger partial charge in [0, 0.05) is 25.7 Å². The Kier molecular flexibility index (Phi) is 6.31. The van der Waals surface area contributed by atoms with E-state index in [2.05, 4.69) is 15.4 Å². The first kappa shape index (κ1) is 19.4. The highest BCUT2D eigenvalue weighted by Gasteiger charge is 2.14. The third-order valence-electron chi connectivity index (χ3n) is 3.34. The third kappa shape index (κ3) is 5.30. The van der Waals surface area contributed by atoms with Gasteiger partial charge < -0.3 is 15.7 Å². The number of aromatic hydroxyl groups is 1. The largest absolute Gasteiger partial charge is 0.507 e. The molecule has 0 aromatic heterocycles. The fourth-order valence-corrected chi connectivity index (χ4v) is 3.16. The van der Waals surface area contributed by atoms with Crippen molar-refractivity contribution in [3.05, 3.63) is 54.1 Å². The Morgan fingerprint density at radius 2 is 1.65 bits per heavy atom. The van der Waals surface area contributed by atoms with E-state index in [9.17, 15) is 23.1 Å². The van der Waals surface area contributed by atoms with Crippen molar-refractivity contribution < 1.29 is 23.1 Å². The Hall–Kier alpha value is -2.91. The molecule has 8 nitrogen and oxygen atoms in total. The second-order valence-electron chi connectivity index (χ2n) is 5.38. The number of anilines is 1. The minimum absolute atomic E-state index is 0.0187. The van der Waals surface area contributed by atoms with Crippen molar-refractivity contribution in [2.24, 2.45) is 0 Å². The summed E-state index contributed by atoms with van der Waals surface area (Å²) in [5.74, 6) is -0.897. The van der Waals surface area contributed by atoms with Gasteiger partial charge in [0.15, 0.2) is 0 Å². The first-order valence-corrected chi connectivity index (χ1v) is 9.21. The van der Waals surface area contributed by atoms with E-state index in [0.717, 1.165) is 0 Å². The fourth-order valence-electron chi connectivity index (χ4n) is 2.13. The van der Waals surface area contributed by atoms with Gasteiger partial charge >= 0.3 is 0 Å². The SMILES string of the molecule is CC(=O)Nc1ccc(S(=O)(=O)NCCNC(=O)c2ccccc2O)cc1. The van der Waals surface area contributed by atoms with E-state index in [1.165, 1.54) is 43.3 Å². The minimum Gasteiger partial charge on any atom is -0.507 e. The van der Waals surface area contributed by atoms with E-state index >= 15 is 0 Å². The molecule has 0 atom stereocenters. The zero-order valence-corrected chi connectivity index (χ0v) is 14.8. The van der Waals surface area contributed by atoms with Crippen molar-refractivity contribution in [1.82, 2.24) is 10.0 Å². The lowest BCUT2D eigenvalue weighted by Gasteiger charge is -2.09. The van der Waals surface area contributed by atoms with E-state index in [1.807, 2.05) is 0 Å². The lowest BCUT2D eigenvalue weighted by atomic mass is 10.2. The van der Waals surface area contributed by atoms with Gasteiger partial charge in [0.2, 0.25) is 15.9 Å². The Labute approximate surface area is 151 Å². The standard InChI is InChI=1S/C17H19N3O5S/c1-12(21)20-13-6-8-14(9-7-13)26(24,25)19-11-10-18-17(23)15-4-2-3-5-16(15)22/h2-9,19,22H,10-11H2,1H3,(H,18,23)(H,20,21). The number of amides is 2. The number of carbonyl (C=O) groups is 2. The molecule has 138 valence electrons. The number of para-hydroxylation sites is 1. The molecular weight excluding hydrogens is 358 g/mol. The summed E-state index contributed by atoms with van der Waals surface area (Å²) >= 11 is 0. The van der Waals surface area contributed by atoms with Crippen LogP contribution in [-0.4, -0.2) is 38.4 Å². The van der Waals surface area contributed by atoms with E-state index in [0.29, 0.717) is 5.69 Å². The topological polar surface area (TPSA) is 125 Å². The number of hydrogen-bond donors (Lipinski definition) is 4. The summed E-state index contributed by atoms with van der Waals surface area (Å²) in [5.41, 5.74) is 0.607. The molecule has 0 spiro atoms. The third-order valence-corrected chi connectivity index (χ3v) is 4.81. The van der Waals surface area contributed by atoms with Gasteiger partial charge in [0.25, 0.3) is 5.91 Å². The molecule has 2 aromatic rings. The van der Waals surface area contributed by atoms with E-state index in [1.54, 1.807) is 12.1 Å². The van der Waals surface area contributed by atoms with Crippen LogP contribution < -0.4 is 15.4 Å². The Morgan fingerprint density at radius 1 is 1.00 bits per heavy atom. The van der Waals surface area contributed by atoms with Crippen LogP contribution in [0, 0.1) is 0 Å². The zero-order valence-electron chi connectivity index (χ0n) is 14.0. The van der Waals surface area contributed by atoms with E-state index < -0.39 is 15.9 Å². The summed E-state index contributed by atoms with van der Waals surface area (Å²) < 4.78 is 26.7. The summed E-state index contributed by atoms with van der Waals surface area (Å²) in [5, 5.41) is 14.7. The lowest BCUT2D eigenvalue weighted by Crippen LogP contribution is -2.34. The van der Waals surface area contributed by atoms with Gasteiger partial charge in [-0.3, -0.25) is 9.59 Å². The summed E-state index contributed by atoms with van der Waals surface area (Å²) in [4.78, 5) is 22.9. The Bertz CT molecular complexity index is 895. The maximum Gasteiger partial charge on any atom is 0.255 e. The molecule has 4 N–H and O–H groups in total. The smallest absolute Gasteiger partial charge is 0.255 e. The summed E-state index contributed by atoms with van der Waals surface area (Å²) in [6.07, 6.45) is 0. The number of phenolic OH excluding ortho intramolecular Hbond substituents is 1. The van der Waals surface area contributed by atoms with E-state index in [4.69, 9.17) is 0 Å². The van der Waals surface area contributed by atoms with Gasteiger partial charge in [-0.1, -0.05) is 12.1 Å². The molecule has 0 aliphatic carbocycles. The van der Waals surface area contributed by atoms with Crippen LogP contribution >= 0.6 is 0 Å². The first-order chi connectivity index (χ1) is 12.3. The number of hydrogen-bond acceptors (Lipinski definition) is 5. The second-order valence-corrected chi connectivity index (χ2v) is 7.14. The highest BCUT2D eigenvalue weighted by molar-refractivity contribution is 7.89. The molecule has 26 heavy (non-hydrogen) atoms. The van der Waals surface area contributed by atoms with Crippen molar-refractivity contribution in [1.29, 1.82) is 0 Å². The van der Waals surface area contributed by atoms with E-state index in [-0.39, 0.29) is 35.2 Å². The van der Waals surface area contributed by atoms with Gasteiger partial charge in [-0.2, -0.15) is 0 Å². The number of phenols is 1. The van der Waals surface area contributed by atoms with Crippen molar-refractivity contribution in [2.75, 3.05) is 18.4 Å². The molecule has 2 rings (SSSR count). The van der Waals surface area contributed by atoms with Crippen molar-refractivity contribution in [2.45, 2.75) is 11.8 Å². The van der Waals surface area contributed by atoms with Gasteiger partial charge in [0.05, 0.1) is 10.5 Å². The number of benzene rings is 2. The molecule has 0 saturated heterocycles. The summed E-state index contributed by atoms with van der Waals surface area (Å²) in [6, 6.07) is 11.8. The highest BCUT2D eigenvalue weighted by Crippen LogP contribution is 2.15. The molecule has 0 heterocycles. The summed E-state index contributed by atoms with van der Waals surface area (Å²) in [7, 11) is -3.74. The monoisotopic (exact) mass is 377 g/mol. The van der Waals surface area contributed by atoms with Crippen molar-refractivity contribution in [3.63, 3.8) is 0 Å². The van der Waals surface area contributed by atoms with Crippen LogP contribution in [0.3, 0.4) is 0 Å². The van der Waals surface area contributed by atoms with Crippen LogP contribution in [0.5, 0.6) is 5.75 Å².